The van der Waals surface area contributed by atoms with E-state index in [2.05, 4.69) is 5.10 Å². The molecule has 5 heteroatoms. The largest absolute Gasteiger partial charge is 0.491 e. The van der Waals surface area contributed by atoms with Gasteiger partial charge in [0.25, 0.3) is 0 Å². The highest BCUT2D eigenvalue weighted by atomic mass is 16.5. The zero-order valence-electron chi connectivity index (χ0n) is 11.0. The Morgan fingerprint density at radius 2 is 2.16 bits per heavy atom. The van der Waals surface area contributed by atoms with Gasteiger partial charge in [0, 0.05) is 5.69 Å². The fourth-order valence-corrected chi connectivity index (χ4v) is 1.79. The van der Waals surface area contributed by atoms with Crippen molar-refractivity contribution in [3.8, 4) is 11.4 Å². The molecular formula is C14H16N2O3. The third kappa shape index (κ3) is 2.76. The molecule has 0 amide bonds. The van der Waals surface area contributed by atoms with Crippen LogP contribution >= 0.6 is 0 Å². The number of rotatable bonds is 5. The fourth-order valence-electron chi connectivity index (χ4n) is 1.79. The maximum Gasteiger partial charge on any atom is 0.356 e. The number of hydrogen-bond acceptors (Lipinski definition) is 3. The molecule has 0 aliphatic heterocycles. The number of hydrogen-bond donors (Lipinski definition) is 1. The van der Waals surface area contributed by atoms with Crippen LogP contribution in [-0.4, -0.2) is 27.5 Å². The van der Waals surface area contributed by atoms with E-state index in [1.54, 1.807) is 10.7 Å². The Hall–Kier alpha value is -2.30. The van der Waals surface area contributed by atoms with Gasteiger partial charge in [0.05, 0.1) is 6.61 Å². The van der Waals surface area contributed by atoms with E-state index in [1.807, 2.05) is 38.1 Å². The van der Waals surface area contributed by atoms with Crippen LogP contribution in [0.3, 0.4) is 0 Å². The SMILES string of the molecule is CCCOc1ccccc1-n1nc(C(=O)O)cc1C. The number of carboxylic acid groups (broad SMARTS) is 1. The van der Waals surface area contributed by atoms with Crippen LogP contribution in [-0.2, 0) is 0 Å². The number of aryl methyl sites for hydroxylation is 1. The van der Waals surface area contributed by atoms with Crippen molar-refractivity contribution in [2.45, 2.75) is 20.3 Å². The van der Waals surface area contributed by atoms with Crippen molar-refractivity contribution in [1.29, 1.82) is 0 Å². The first-order chi connectivity index (χ1) is 9.13. The van der Waals surface area contributed by atoms with Crippen LogP contribution in [0.15, 0.2) is 30.3 Å². The Labute approximate surface area is 111 Å². The van der Waals surface area contributed by atoms with Crippen molar-refractivity contribution >= 4 is 5.97 Å². The van der Waals surface area contributed by atoms with Gasteiger partial charge in [0.1, 0.15) is 11.4 Å². The number of carboxylic acids is 1. The van der Waals surface area contributed by atoms with Crippen LogP contribution in [0, 0.1) is 6.92 Å². The van der Waals surface area contributed by atoms with E-state index in [1.165, 1.54) is 0 Å². The molecular weight excluding hydrogens is 244 g/mol. The number of para-hydroxylation sites is 2. The van der Waals surface area contributed by atoms with E-state index >= 15 is 0 Å². The van der Waals surface area contributed by atoms with E-state index in [9.17, 15) is 4.79 Å². The maximum absolute atomic E-state index is 10.9. The Balaban J connectivity index is 2.43. The molecule has 2 rings (SSSR count). The van der Waals surface area contributed by atoms with Crippen LogP contribution in [0.5, 0.6) is 5.75 Å². The molecule has 0 saturated carbocycles. The van der Waals surface area contributed by atoms with Gasteiger partial charge in [-0.15, -0.1) is 0 Å². The highest BCUT2D eigenvalue weighted by molar-refractivity contribution is 5.85. The van der Waals surface area contributed by atoms with Crippen molar-refractivity contribution < 1.29 is 14.6 Å². The summed E-state index contributed by atoms with van der Waals surface area (Å²) in [7, 11) is 0. The van der Waals surface area contributed by atoms with Crippen molar-refractivity contribution in [3.63, 3.8) is 0 Å². The van der Waals surface area contributed by atoms with Gasteiger partial charge >= 0.3 is 5.97 Å². The molecule has 0 saturated heterocycles. The molecule has 0 radical (unpaired) electrons. The summed E-state index contributed by atoms with van der Waals surface area (Å²) in [6.07, 6.45) is 0.910. The van der Waals surface area contributed by atoms with E-state index in [0.29, 0.717) is 12.4 Å². The minimum atomic E-state index is -1.03. The summed E-state index contributed by atoms with van der Waals surface area (Å²) in [5.41, 5.74) is 1.54. The van der Waals surface area contributed by atoms with E-state index in [0.717, 1.165) is 17.8 Å². The molecule has 1 aromatic carbocycles. The lowest BCUT2D eigenvalue weighted by molar-refractivity contribution is 0.0690. The molecule has 19 heavy (non-hydrogen) atoms. The van der Waals surface area contributed by atoms with Gasteiger partial charge in [-0.2, -0.15) is 5.10 Å². The summed E-state index contributed by atoms with van der Waals surface area (Å²) < 4.78 is 7.25. The third-order valence-corrected chi connectivity index (χ3v) is 2.66. The first-order valence-electron chi connectivity index (χ1n) is 6.15. The Morgan fingerprint density at radius 1 is 1.42 bits per heavy atom. The highest BCUT2D eigenvalue weighted by Gasteiger charge is 2.14. The van der Waals surface area contributed by atoms with E-state index in [-0.39, 0.29) is 5.69 Å². The Kier molecular flexibility index (Phi) is 3.85. The van der Waals surface area contributed by atoms with Gasteiger partial charge < -0.3 is 9.84 Å². The second kappa shape index (κ2) is 5.56. The molecule has 1 heterocycles. The molecule has 0 fully saturated rings. The molecule has 5 nitrogen and oxygen atoms in total. The molecule has 100 valence electrons. The number of ether oxygens (including phenoxy) is 1. The van der Waals surface area contributed by atoms with Crippen molar-refractivity contribution in [2.24, 2.45) is 0 Å². The molecule has 0 spiro atoms. The van der Waals surface area contributed by atoms with Gasteiger partial charge in [-0.25, -0.2) is 9.48 Å². The number of nitrogens with zero attached hydrogens (tertiary/aromatic N) is 2. The van der Waals surface area contributed by atoms with Crippen molar-refractivity contribution in [3.05, 3.63) is 41.7 Å². The van der Waals surface area contributed by atoms with Crippen LogP contribution in [0.1, 0.15) is 29.5 Å². The molecule has 1 aromatic heterocycles. The standard InChI is InChI=1S/C14H16N2O3/c1-3-8-19-13-7-5-4-6-12(13)16-10(2)9-11(15-16)14(17)18/h4-7,9H,3,8H2,1-2H3,(H,17,18). The highest BCUT2D eigenvalue weighted by Crippen LogP contribution is 2.24. The predicted molar refractivity (Wildman–Crippen MR) is 71.0 cm³/mol. The molecule has 0 aliphatic carbocycles. The quantitative estimate of drug-likeness (QED) is 0.897. The molecule has 2 aromatic rings. The summed E-state index contributed by atoms with van der Waals surface area (Å²) in [5.74, 6) is -0.332. The molecule has 0 atom stereocenters. The van der Waals surface area contributed by atoms with Crippen LogP contribution < -0.4 is 4.74 Å². The smallest absolute Gasteiger partial charge is 0.356 e. The van der Waals surface area contributed by atoms with E-state index < -0.39 is 5.97 Å². The average Bonchev–Trinajstić information content (AvgIpc) is 2.79. The van der Waals surface area contributed by atoms with Crippen molar-refractivity contribution in [1.82, 2.24) is 9.78 Å². The zero-order valence-corrected chi connectivity index (χ0v) is 11.0. The van der Waals surface area contributed by atoms with Gasteiger partial charge in [-0.1, -0.05) is 19.1 Å². The van der Waals surface area contributed by atoms with Crippen LogP contribution in [0.4, 0.5) is 0 Å². The predicted octanol–water partition coefficient (Wildman–Crippen LogP) is 2.67. The topological polar surface area (TPSA) is 64.4 Å². The molecule has 0 unspecified atom stereocenters. The Morgan fingerprint density at radius 3 is 2.79 bits per heavy atom. The van der Waals surface area contributed by atoms with Gasteiger partial charge in [0.2, 0.25) is 0 Å². The van der Waals surface area contributed by atoms with Crippen LogP contribution in [0.25, 0.3) is 5.69 Å². The van der Waals surface area contributed by atoms with Gasteiger partial charge in [-0.05, 0) is 31.5 Å². The lowest BCUT2D eigenvalue weighted by Crippen LogP contribution is -2.05. The minimum Gasteiger partial charge on any atom is -0.491 e. The molecule has 1 N–H and O–H groups in total. The number of aromatic carboxylic acids is 1. The summed E-state index contributed by atoms with van der Waals surface area (Å²) in [6.45, 7) is 4.46. The number of aromatic nitrogens is 2. The number of benzene rings is 1. The second-order valence-corrected chi connectivity index (χ2v) is 4.20. The summed E-state index contributed by atoms with van der Waals surface area (Å²) in [6, 6.07) is 9.00. The lowest BCUT2D eigenvalue weighted by Gasteiger charge is -2.11. The average molecular weight is 260 g/mol. The second-order valence-electron chi connectivity index (χ2n) is 4.20. The minimum absolute atomic E-state index is 0.0304. The normalized spacial score (nSPS) is 10.4. The molecule has 0 bridgehead atoms. The third-order valence-electron chi connectivity index (χ3n) is 2.66. The first-order valence-corrected chi connectivity index (χ1v) is 6.15. The summed E-state index contributed by atoms with van der Waals surface area (Å²) in [5, 5.41) is 13.1. The summed E-state index contributed by atoms with van der Waals surface area (Å²) in [4.78, 5) is 10.9. The monoisotopic (exact) mass is 260 g/mol. The van der Waals surface area contributed by atoms with Gasteiger partial charge in [-0.3, -0.25) is 0 Å². The maximum atomic E-state index is 10.9. The first kappa shape index (κ1) is 13.1. The van der Waals surface area contributed by atoms with Crippen molar-refractivity contribution in [2.75, 3.05) is 6.61 Å². The number of carbonyl (C=O) groups is 1. The fraction of sp³-hybridized carbons (Fsp3) is 0.286. The molecule has 0 aliphatic rings. The van der Waals surface area contributed by atoms with Crippen LogP contribution in [0.2, 0.25) is 0 Å². The van der Waals surface area contributed by atoms with Gasteiger partial charge in [0.15, 0.2) is 5.69 Å². The lowest BCUT2D eigenvalue weighted by atomic mass is 10.3. The zero-order chi connectivity index (χ0) is 13.8. The summed E-state index contributed by atoms with van der Waals surface area (Å²) >= 11 is 0. The Bertz CT molecular complexity index is 590. The van der Waals surface area contributed by atoms with E-state index in [4.69, 9.17) is 9.84 Å².